The topological polar surface area (TPSA) is 52.6 Å². The zero-order chi connectivity index (χ0) is 14.6. The summed E-state index contributed by atoms with van der Waals surface area (Å²) in [6, 6.07) is 10.9. The normalized spacial score (nSPS) is 11.1. The van der Waals surface area contributed by atoms with Gasteiger partial charge in [0.2, 0.25) is 0 Å². The van der Waals surface area contributed by atoms with Crippen LogP contribution in [0.4, 0.5) is 4.39 Å². The third-order valence-corrected chi connectivity index (χ3v) is 3.70. The first-order valence-electron chi connectivity index (χ1n) is 5.95. The molecule has 0 aromatic heterocycles. The molecule has 0 saturated heterocycles. The van der Waals surface area contributed by atoms with Gasteiger partial charge in [-0.1, -0.05) is 12.1 Å². The average molecular weight is 296 g/mol. The van der Waals surface area contributed by atoms with Crippen LogP contribution in [0.1, 0.15) is 6.92 Å². The van der Waals surface area contributed by atoms with E-state index in [2.05, 4.69) is 0 Å². The van der Waals surface area contributed by atoms with E-state index >= 15 is 0 Å². The predicted molar refractivity (Wildman–Crippen MR) is 71.8 cm³/mol. The fraction of sp³-hybridized carbons (Fsp3) is 0.143. The number of ether oxygens (including phenoxy) is 1. The maximum absolute atomic E-state index is 12.8. The molecule has 0 atom stereocenters. The second kappa shape index (κ2) is 5.92. The third kappa shape index (κ3) is 3.27. The van der Waals surface area contributed by atoms with Gasteiger partial charge >= 0.3 is 10.1 Å². The van der Waals surface area contributed by atoms with Crippen molar-refractivity contribution in [3.05, 3.63) is 54.3 Å². The zero-order valence-corrected chi connectivity index (χ0v) is 11.6. The van der Waals surface area contributed by atoms with Crippen molar-refractivity contribution in [2.45, 2.75) is 11.8 Å². The predicted octanol–water partition coefficient (Wildman–Crippen LogP) is 2.99. The molecule has 0 N–H and O–H groups in total. The second-order valence-electron chi connectivity index (χ2n) is 3.87. The van der Waals surface area contributed by atoms with Crippen molar-refractivity contribution in [1.29, 1.82) is 0 Å². The molecule has 106 valence electrons. The van der Waals surface area contributed by atoms with Gasteiger partial charge in [-0.25, -0.2) is 4.39 Å². The van der Waals surface area contributed by atoms with Crippen LogP contribution >= 0.6 is 0 Å². The lowest BCUT2D eigenvalue weighted by atomic mass is 10.3. The number of halogens is 1. The summed E-state index contributed by atoms with van der Waals surface area (Å²) in [5.74, 6) is -0.0852. The Hall–Kier alpha value is -2.08. The molecule has 0 fully saturated rings. The maximum Gasteiger partial charge on any atom is 0.339 e. The quantitative estimate of drug-likeness (QED) is 0.796. The van der Waals surface area contributed by atoms with Crippen LogP contribution in [0.25, 0.3) is 0 Å². The van der Waals surface area contributed by atoms with Crippen molar-refractivity contribution >= 4 is 10.1 Å². The highest BCUT2D eigenvalue weighted by atomic mass is 32.2. The van der Waals surface area contributed by atoms with Gasteiger partial charge in [-0.2, -0.15) is 8.42 Å². The van der Waals surface area contributed by atoms with Crippen LogP contribution in [0.5, 0.6) is 11.5 Å². The minimum atomic E-state index is -4.02. The fourth-order valence-corrected chi connectivity index (χ4v) is 2.50. The van der Waals surface area contributed by atoms with Crippen LogP contribution in [-0.2, 0) is 10.1 Å². The van der Waals surface area contributed by atoms with E-state index in [0.717, 1.165) is 24.3 Å². The molecule has 2 aromatic rings. The Kier molecular flexibility index (Phi) is 4.24. The number of benzene rings is 2. The Labute approximate surface area is 116 Å². The molecule has 0 spiro atoms. The molecule has 0 aliphatic heterocycles. The van der Waals surface area contributed by atoms with E-state index in [9.17, 15) is 12.8 Å². The highest BCUT2D eigenvalue weighted by Gasteiger charge is 2.18. The van der Waals surface area contributed by atoms with Crippen LogP contribution in [-0.4, -0.2) is 15.0 Å². The highest BCUT2D eigenvalue weighted by molar-refractivity contribution is 7.87. The van der Waals surface area contributed by atoms with Crippen molar-refractivity contribution in [2.24, 2.45) is 0 Å². The molecule has 0 aliphatic carbocycles. The van der Waals surface area contributed by atoms with Gasteiger partial charge in [0.15, 0.2) is 11.5 Å². The summed E-state index contributed by atoms with van der Waals surface area (Å²) in [6.45, 7) is 2.17. The molecule has 0 amide bonds. The third-order valence-electron chi connectivity index (χ3n) is 2.45. The van der Waals surface area contributed by atoms with Crippen molar-refractivity contribution in [2.75, 3.05) is 6.61 Å². The van der Waals surface area contributed by atoms with Gasteiger partial charge in [0, 0.05) is 0 Å². The van der Waals surface area contributed by atoms with Crippen LogP contribution < -0.4 is 8.92 Å². The van der Waals surface area contributed by atoms with Gasteiger partial charge in [-0.05, 0) is 43.3 Å². The number of hydrogen-bond acceptors (Lipinski definition) is 4. The zero-order valence-electron chi connectivity index (χ0n) is 10.7. The Balaban J connectivity index is 2.31. The maximum atomic E-state index is 12.8. The van der Waals surface area contributed by atoms with Crippen LogP contribution in [0, 0.1) is 5.82 Å². The Morgan fingerprint density at radius 1 is 1.00 bits per heavy atom. The second-order valence-corrected chi connectivity index (χ2v) is 5.42. The first kappa shape index (κ1) is 14.3. The molecule has 2 aromatic carbocycles. The van der Waals surface area contributed by atoms with Crippen LogP contribution in [0.2, 0.25) is 0 Å². The van der Waals surface area contributed by atoms with Gasteiger partial charge in [-0.15, -0.1) is 0 Å². The molecule has 6 heteroatoms. The van der Waals surface area contributed by atoms with E-state index in [4.69, 9.17) is 8.92 Å². The number of hydrogen-bond donors (Lipinski definition) is 0. The van der Waals surface area contributed by atoms with Crippen molar-refractivity contribution in [1.82, 2.24) is 0 Å². The SMILES string of the molecule is CCOc1ccccc1OS(=O)(=O)c1ccc(F)cc1. The van der Waals surface area contributed by atoms with Gasteiger partial charge in [0.05, 0.1) is 6.61 Å². The lowest BCUT2D eigenvalue weighted by Crippen LogP contribution is -2.10. The van der Waals surface area contributed by atoms with E-state index in [-0.39, 0.29) is 10.6 Å². The lowest BCUT2D eigenvalue weighted by molar-refractivity contribution is 0.327. The summed E-state index contributed by atoms with van der Waals surface area (Å²) >= 11 is 0. The monoisotopic (exact) mass is 296 g/mol. The summed E-state index contributed by atoms with van der Waals surface area (Å²) in [5, 5.41) is 0. The van der Waals surface area contributed by atoms with Gasteiger partial charge < -0.3 is 8.92 Å². The average Bonchev–Trinajstić information content (AvgIpc) is 2.41. The standard InChI is InChI=1S/C14H13FO4S/c1-2-18-13-5-3-4-6-14(13)19-20(16,17)12-9-7-11(15)8-10-12/h3-10H,2H2,1H3. The summed E-state index contributed by atoms with van der Waals surface area (Å²) in [6.07, 6.45) is 0. The molecule has 0 bridgehead atoms. The molecule has 20 heavy (non-hydrogen) atoms. The summed E-state index contributed by atoms with van der Waals surface area (Å²) in [4.78, 5) is -0.120. The lowest BCUT2D eigenvalue weighted by Gasteiger charge is -2.11. The molecule has 0 radical (unpaired) electrons. The highest BCUT2D eigenvalue weighted by Crippen LogP contribution is 2.29. The molecule has 0 saturated carbocycles. The molecular weight excluding hydrogens is 283 g/mol. The minimum absolute atomic E-state index is 0.0960. The van der Waals surface area contributed by atoms with Gasteiger partial charge in [0.25, 0.3) is 0 Å². The van der Waals surface area contributed by atoms with Crippen molar-refractivity contribution < 1.29 is 21.7 Å². The van der Waals surface area contributed by atoms with Crippen molar-refractivity contribution in [3.8, 4) is 11.5 Å². The molecule has 2 rings (SSSR count). The summed E-state index contributed by atoms with van der Waals surface area (Å²) in [7, 11) is -4.02. The molecule has 0 aliphatic rings. The van der Waals surface area contributed by atoms with Crippen LogP contribution in [0.3, 0.4) is 0 Å². The van der Waals surface area contributed by atoms with Gasteiger partial charge in [0.1, 0.15) is 10.7 Å². The summed E-state index contributed by atoms with van der Waals surface area (Å²) in [5.41, 5.74) is 0. The largest absolute Gasteiger partial charge is 0.490 e. The number of rotatable bonds is 5. The van der Waals surface area contributed by atoms with E-state index in [1.54, 1.807) is 25.1 Å². The molecule has 4 nitrogen and oxygen atoms in total. The Morgan fingerprint density at radius 3 is 2.20 bits per heavy atom. The van der Waals surface area contributed by atoms with Gasteiger partial charge in [-0.3, -0.25) is 0 Å². The van der Waals surface area contributed by atoms with E-state index < -0.39 is 15.9 Å². The molecular formula is C14H13FO4S. The first-order valence-corrected chi connectivity index (χ1v) is 7.35. The molecule has 0 heterocycles. The van der Waals surface area contributed by atoms with E-state index in [1.165, 1.54) is 6.07 Å². The number of para-hydroxylation sites is 2. The minimum Gasteiger partial charge on any atom is -0.490 e. The van der Waals surface area contributed by atoms with E-state index in [1.807, 2.05) is 0 Å². The smallest absolute Gasteiger partial charge is 0.339 e. The Morgan fingerprint density at radius 2 is 1.60 bits per heavy atom. The first-order chi connectivity index (χ1) is 9.53. The summed E-state index contributed by atoms with van der Waals surface area (Å²) < 4.78 is 47.3. The Bertz CT molecular complexity index is 681. The molecule has 0 unspecified atom stereocenters. The fourth-order valence-electron chi connectivity index (χ4n) is 1.56. The van der Waals surface area contributed by atoms with Crippen molar-refractivity contribution in [3.63, 3.8) is 0 Å². The van der Waals surface area contributed by atoms with Crippen LogP contribution in [0.15, 0.2) is 53.4 Å². The van der Waals surface area contributed by atoms with E-state index in [0.29, 0.717) is 12.4 Å².